The molecule has 0 atom stereocenters. The van der Waals surface area contributed by atoms with E-state index in [4.69, 9.17) is 11.6 Å². The zero-order valence-electron chi connectivity index (χ0n) is 19.0. The summed E-state index contributed by atoms with van der Waals surface area (Å²) in [5.74, 6) is 1.37. The van der Waals surface area contributed by atoms with Gasteiger partial charge in [0, 0.05) is 57.9 Å². The Kier molecular flexibility index (Phi) is 7.13. The van der Waals surface area contributed by atoms with Crippen LogP contribution in [-0.2, 0) is 12.7 Å². The highest BCUT2D eigenvalue weighted by molar-refractivity contribution is 6.30. The lowest BCUT2D eigenvalue weighted by Crippen LogP contribution is -2.46. The Bertz CT molecular complexity index is 1120. The Balaban J connectivity index is 1.55. The predicted octanol–water partition coefficient (Wildman–Crippen LogP) is 5.28. The maximum atomic E-state index is 13.7. The van der Waals surface area contributed by atoms with E-state index in [0.29, 0.717) is 17.6 Å². The zero-order chi connectivity index (χ0) is 24.3. The SMILES string of the molecule is CNc1cc(N(C)c2ccc(Cl)cc2C(F)(F)F)nc(N2CCN(Cc3ccccc3)CC2)n1. The summed E-state index contributed by atoms with van der Waals surface area (Å²) in [6.45, 7) is 3.98. The third-order valence-corrected chi connectivity index (χ3v) is 6.07. The molecule has 1 aliphatic heterocycles. The van der Waals surface area contributed by atoms with E-state index in [-0.39, 0.29) is 10.7 Å². The lowest BCUT2D eigenvalue weighted by molar-refractivity contribution is -0.137. The molecule has 0 spiro atoms. The Labute approximate surface area is 202 Å². The van der Waals surface area contributed by atoms with Crippen LogP contribution in [0.3, 0.4) is 0 Å². The Hall–Kier alpha value is -3.04. The summed E-state index contributed by atoms with van der Waals surface area (Å²) in [7, 11) is 3.28. The standard InChI is InChI=1S/C24H26ClF3N6/c1-29-21-15-22(32(2)20-9-8-18(25)14-19(20)24(26,27)28)31-23(30-21)34-12-10-33(11-13-34)16-17-6-4-3-5-7-17/h3-9,14-15H,10-13,16H2,1-2H3,(H,29,30,31). The number of nitrogens with zero attached hydrogens (tertiary/aromatic N) is 5. The summed E-state index contributed by atoms with van der Waals surface area (Å²) in [5, 5.41) is 3.02. The lowest BCUT2D eigenvalue weighted by atomic mass is 10.1. The van der Waals surface area contributed by atoms with E-state index >= 15 is 0 Å². The minimum Gasteiger partial charge on any atom is -0.373 e. The second-order valence-corrected chi connectivity index (χ2v) is 8.56. The minimum atomic E-state index is -4.55. The third-order valence-electron chi connectivity index (χ3n) is 5.83. The van der Waals surface area contributed by atoms with Crippen LogP contribution >= 0.6 is 11.6 Å². The van der Waals surface area contributed by atoms with Crippen LogP contribution in [0.5, 0.6) is 0 Å². The van der Waals surface area contributed by atoms with Crippen LogP contribution < -0.4 is 15.1 Å². The first kappa shape index (κ1) is 24.1. The van der Waals surface area contributed by atoms with Crippen LogP contribution in [0.1, 0.15) is 11.1 Å². The first-order chi connectivity index (χ1) is 16.2. The Morgan fingerprint density at radius 3 is 2.35 bits per heavy atom. The van der Waals surface area contributed by atoms with Gasteiger partial charge in [0.25, 0.3) is 0 Å². The number of piperazine rings is 1. The molecule has 34 heavy (non-hydrogen) atoms. The van der Waals surface area contributed by atoms with Gasteiger partial charge in [0.15, 0.2) is 0 Å². The van der Waals surface area contributed by atoms with Crippen molar-refractivity contribution < 1.29 is 13.2 Å². The van der Waals surface area contributed by atoms with Crippen LogP contribution in [0.2, 0.25) is 5.02 Å². The maximum Gasteiger partial charge on any atom is 0.418 e. The van der Waals surface area contributed by atoms with Crippen molar-refractivity contribution in [3.05, 3.63) is 70.7 Å². The van der Waals surface area contributed by atoms with Gasteiger partial charge in [0.1, 0.15) is 11.6 Å². The van der Waals surface area contributed by atoms with Crippen LogP contribution in [0.4, 0.5) is 36.4 Å². The zero-order valence-corrected chi connectivity index (χ0v) is 19.7. The van der Waals surface area contributed by atoms with Gasteiger partial charge in [0.2, 0.25) is 5.95 Å². The van der Waals surface area contributed by atoms with Gasteiger partial charge in [-0.15, -0.1) is 0 Å². The molecular formula is C24H26ClF3N6. The van der Waals surface area contributed by atoms with Crippen molar-refractivity contribution in [3.63, 3.8) is 0 Å². The van der Waals surface area contributed by atoms with Crippen molar-refractivity contribution in [1.29, 1.82) is 0 Å². The van der Waals surface area contributed by atoms with Crippen molar-refractivity contribution in [3.8, 4) is 0 Å². The number of halogens is 4. The molecule has 10 heteroatoms. The van der Waals surface area contributed by atoms with Crippen LogP contribution in [0, 0.1) is 0 Å². The number of benzene rings is 2. The number of alkyl halides is 3. The summed E-state index contributed by atoms with van der Waals surface area (Å²) in [5.41, 5.74) is 0.413. The van der Waals surface area contributed by atoms with Crippen molar-refractivity contribution in [2.24, 2.45) is 0 Å². The molecule has 6 nitrogen and oxygen atoms in total. The average molecular weight is 491 g/mol. The maximum absolute atomic E-state index is 13.7. The lowest BCUT2D eigenvalue weighted by Gasteiger charge is -2.35. The van der Waals surface area contributed by atoms with E-state index in [9.17, 15) is 13.2 Å². The number of hydrogen-bond acceptors (Lipinski definition) is 6. The van der Waals surface area contributed by atoms with E-state index in [1.54, 1.807) is 20.2 Å². The Morgan fingerprint density at radius 2 is 1.71 bits per heavy atom. The molecule has 3 aromatic rings. The van der Waals surface area contributed by atoms with E-state index in [1.807, 2.05) is 18.2 Å². The summed E-state index contributed by atoms with van der Waals surface area (Å²) in [6.07, 6.45) is -4.55. The third kappa shape index (κ3) is 5.53. The normalized spacial score (nSPS) is 14.8. The molecule has 4 rings (SSSR count). The second-order valence-electron chi connectivity index (χ2n) is 8.13. The molecule has 0 amide bonds. The van der Waals surface area contributed by atoms with Gasteiger partial charge < -0.3 is 15.1 Å². The highest BCUT2D eigenvalue weighted by Gasteiger charge is 2.35. The highest BCUT2D eigenvalue weighted by Crippen LogP contribution is 2.40. The predicted molar refractivity (Wildman–Crippen MR) is 130 cm³/mol. The molecule has 2 aromatic carbocycles. The van der Waals surface area contributed by atoms with Crippen LogP contribution in [-0.4, -0.2) is 55.1 Å². The van der Waals surface area contributed by atoms with Crippen LogP contribution in [0.15, 0.2) is 54.6 Å². The molecule has 1 N–H and O–H groups in total. The molecule has 0 bridgehead atoms. The molecule has 1 aromatic heterocycles. The number of anilines is 4. The van der Waals surface area contributed by atoms with Crippen LogP contribution in [0.25, 0.3) is 0 Å². The van der Waals surface area contributed by atoms with Crippen molar-refractivity contribution in [2.75, 3.05) is 55.4 Å². The number of rotatable bonds is 6. The molecule has 0 radical (unpaired) electrons. The fourth-order valence-corrected chi connectivity index (χ4v) is 4.13. The van der Waals surface area contributed by atoms with Gasteiger partial charge in [-0.05, 0) is 23.8 Å². The van der Waals surface area contributed by atoms with Gasteiger partial charge in [-0.1, -0.05) is 41.9 Å². The topological polar surface area (TPSA) is 47.5 Å². The van der Waals surface area contributed by atoms with Crippen molar-refractivity contribution in [1.82, 2.24) is 14.9 Å². The summed E-state index contributed by atoms with van der Waals surface area (Å²) < 4.78 is 41.0. The fourth-order valence-electron chi connectivity index (χ4n) is 3.96. The summed E-state index contributed by atoms with van der Waals surface area (Å²) in [4.78, 5) is 15.0. The van der Waals surface area contributed by atoms with E-state index in [0.717, 1.165) is 38.8 Å². The largest absolute Gasteiger partial charge is 0.418 e. The van der Waals surface area contributed by atoms with Gasteiger partial charge in [-0.3, -0.25) is 4.90 Å². The quantitative estimate of drug-likeness (QED) is 0.507. The van der Waals surface area contributed by atoms with Crippen molar-refractivity contribution >= 4 is 34.9 Å². The molecule has 1 fully saturated rings. The van der Waals surface area contributed by atoms with Gasteiger partial charge in [0.05, 0.1) is 11.3 Å². The molecule has 0 aliphatic carbocycles. The van der Waals surface area contributed by atoms with E-state index in [1.165, 1.54) is 22.6 Å². The van der Waals surface area contributed by atoms with E-state index < -0.39 is 11.7 Å². The minimum absolute atomic E-state index is 0.0251. The highest BCUT2D eigenvalue weighted by atomic mass is 35.5. The van der Waals surface area contributed by atoms with E-state index in [2.05, 4.69) is 37.2 Å². The molecule has 1 saturated heterocycles. The molecule has 2 heterocycles. The number of aromatic nitrogens is 2. The smallest absolute Gasteiger partial charge is 0.373 e. The summed E-state index contributed by atoms with van der Waals surface area (Å²) in [6, 6.07) is 15.6. The molecule has 0 unspecified atom stereocenters. The Morgan fingerprint density at radius 1 is 1.00 bits per heavy atom. The van der Waals surface area contributed by atoms with Crippen molar-refractivity contribution in [2.45, 2.75) is 12.7 Å². The molecule has 180 valence electrons. The second kappa shape index (κ2) is 10.1. The van der Waals surface area contributed by atoms with Gasteiger partial charge in [-0.2, -0.15) is 23.1 Å². The van der Waals surface area contributed by atoms with Gasteiger partial charge in [-0.25, -0.2) is 0 Å². The summed E-state index contributed by atoms with van der Waals surface area (Å²) >= 11 is 5.85. The molecular weight excluding hydrogens is 465 g/mol. The molecule has 1 aliphatic rings. The monoisotopic (exact) mass is 490 g/mol. The van der Waals surface area contributed by atoms with Gasteiger partial charge >= 0.3 is 6.18 Å². The fraction of sp³-hybridized carbons (Fsp3) is 0.333. The first-order valence-electron chi connectivity index (χ1n) is 10.9. The number of nitrogens with one attached hydrogen (secondary N) is 1. The molecule has 0 saturated carbocycles. The first-order valence-corrected chi connectivity index (χ1v) is 11.3. The number of hydrogen-bond donors (Lipinski definition) is 1. The average Bonchev–Trinajstić information content (AvgIpc) is 2.84.